The van der Waals surface area contributed by atoms with Crippen molar-refractivity contribution in [2.24, 2.45) is 0 Å². The highest BCUT2D eigenvalue weighted by Crippen LogP contribution is 2.32. The van der Waals surface area contributed by atoms with Crippen LogP contribution in [0.1, 0.15) is 10.4 Å². The Morgan fingerprint density at radius 2 is 2.00 bits per heavy atom. The van der Waals surface area contributed by atoms with Crippen molar-refractivity contribution in [1.82, 2.24) is 0 Å². The number of anilines is 3. The molecule has 0 aliphatic heterocycles. The Kier molecular flexibility index (Phi) is 4.28. The Morgan fingerprint density at radius 1 is 1.29 bits per heavy atom. The molecule has 0 aliphatic carbocycles. The molecule has 0 aliphatic rings. The molecule has 0 atom stereocenters. The Labute approximate surface area is 124 Å². The van der Waals surface area contributed by atoms with Gasteiger partial charge in [-0.25, -0.2) is 13.6 Å². The van der Waals surface area contributed by atoms with E-state index < -0.39 is 17.6 Å². The number of halogens is 3. The third kappa shape index (κ3) is 3.22. The second-order valence-electron chi connectivity index (χ2n) is 4.16. The smallest absolute Gasteiger partial charge is 0.337 e. The molecule has 0 radical (unpaired) electrons. The van der Waals surface area contributed by atoms with E-state index in [-0.39, 0.29) is 27.6 Å². The zero-order valence-electron chi connectivity index (χ0n) is 10.9. The molecule has 2 aromatic carbocycles. The van der Waals surface area contributed by atoms with Crippen molar-refractivity contribution >= 4 is 34.6 Å². The quantitative estimate of drug-likeness (QED) is 0.669. The number of nitrogen functional groups attached to an aromatic ring is 1. The van der Waals surface area contributed by atoms with Crippen LogP contribution in [0.15, 0.2) is 30.3 Å². The highest BCUT2D eigenvalue weighted by atomic mass is 35.5. The lowest BCUT2D eigenvalue weighted by molar-refractivity contribution is 0.0601. The number of nitrogens with one attached hydrogen (secondary N) is 1. The largest absolute Gasteiger partial charge is 0.465 e. The van der Waals surface area contributed by atoms with Gasteiger partial charge in [0.1, 0.15) is 5.82 Å². The van der Waals surface area contributed by atoms with Gasteiger partial charge in [0.15, 0.2) is 5.82 Å². The van der Waals surface area contributed by atoms with Crippen molar-refractivity contribution in [3.63, 3.8) is 0 Å². The van der Waals surface area contributed by atoms with Crippen molar-refractivity contribution in [3.8, 4) is 0 Å². The molecular formula is C14H11ClF2N2O2. The standard InChI is InChI=1S/C14H11ClF2N2O2/c1-21-14(20)7-2-3-11(18)12(4-7)19-13-9(15)5-8(16)6-10(13)17/h2-6,19H,18H2,1H3. The van der Waals surface area contributed by atoms with E-state index in [1.165, 1.54) is 25.3 Å². The summed E-state index contributed by atoms with van der Waals surface area (Å²) < 4.78 is 31.3. The molecule has 4 nitrogen and oxygen atoms in total. The number of hydrogen-bond acceptors (Lipinski definition) is 4. The van der Waals surface area contributed by atoms with Crippen LogP contribution >= 0.6 is 11.6 Å². The fourth-order valence-electron chi connectivity index (χ4n) is 1.71. The molecule has 0 saturated heterocycles. The first-order chi connectivity index (χ1) is 9.92. The third-order valence-electron chi connectivity index (χ3n) is 2.74. The lowest BCUT2D eigenvalue weighted by Crippen LogP contribution is -2.05. The summed E-state index contributed by atoms with van der Waals surface area (Å²) in [4.78, 5) is 11.5. The molecule has 0 spiro atoms. The maximum Gasteiger partial charge on any atom is 0.337 e. The number of hydrogen-bond donors (Lipinski definition) is 2. The summed E-state index contributed by atoms with van der Waals surface area (Å²) in [7, 11) is 1.24. The van der Waals surface area contributed by atoms with E-state index in [9.17, 15) is 13.6 Å². The summed E-state index contributed by atoms with van der Waals surface area (Å²) in [6.45, 7) is 0. The van der Waals surface area contributed by atoms with E-state index >= 15 is 0 Å². The Hall–Kier alpha value is -2.34. The van der Waals surface area contributed by atoms with Crippen molar-refractivity contribution in [2.45, 2.75) is 0 Å². The van der Waals surface area contributed by atoms with Crippen LogP contribution in [0.25, 0.3) is 0 Å². The molecule has 0 fully saturated rings. The number of esters is 1. The predicted molar refractivity (Wildman–Crippen MR) is 76.8 cm³/mol. The van der Waals surface area contributed by atoms with E-state index in [4.69, 9.17) is 17.3 Å². The van der Waals surface area contributed by atoms with Gasteiger partial charge in [-0.15, -0.1) is 0 Å². The molecular weight excluding hydrogens is 302 g/mol. The van der Waals surface area contributed by atoms with Crippen LogP contribution in [0.5, 0.6) is 0 Å². The first-order valence-electron chi connectivity index (χ1n) is 5.81. The van der Waals surface area contributed by atoms with Gasteiger partial charge in [0, 0.05) is 6.07 Å². The third-order valence-corrected chi connectivity index (χ3v) is 3.04. The number of carbonyl (C=O) groups excluding carboxylic acids is 1. The van der Waals surface area contributed by atoms with E-state index in [0.29, 0.717) is 6.07 Å². The summed E-state index contributed by atoms with van der Waals surface area (Å²) in [6.07, 6.45) is 0. The number of nitrogens with two attached hydrogens (primary N) is 1. The Balaban J connectivity index is 2.42. The van der Waals surface area contributed by atoms with E-state index in [2.05, 4.69) is 10.1 Å². The van der Waals surface area contributed by atoms with Crippen LogP contribution < -0.4 is 11.1 Å². The molecule has 0 aromatic heterocycles. The first-order valence-corrected chi connectivity index (χ1v) is 6.19. The molecule has 3 N–H and O–H groups in total. The fraction of sp³-hybridized carbons (Fsp3) is 0.0714. The van der Waals surface area contributed by atoms with Crippen molar-refractivity contribution in [2.75, 3.05) is 18.2 Å². The van der Waals surface area contributed by atoms with E-state index in [0.717, 1.165) is 6.07 Å². The summed E-state index contributed by atoms with van der Waals surface area (Å²) in [6, 6.07) is 5.97. The van der Waals surface area contributed by atoms with Gasteiger partial charge in [-0.05, 0) is 24.3 Å². The average Bonchev–Trinajstić information content (AvgIpc) is 2.43. The van der Waals surface area contributed by atoms with Gasteiger partial charge in [-0.2, -0.15) is 0 Å². The van der Waals surface area contributed by atoms with Crippen LogP contribution in [0.3, 0.4) is 0 Å². The molecule has 2 rings (SSSR count). The fourth-order valence-corrected chi connectivity index (χ4v) is 1.95. The predicted octanol–water partition coefficient (Wildman–Crippen LogP) is 3.73. The number of carbonyl (C=O) groups is 1. The van der Waals surface area contributed by atoms with E-state index in [1.54, 1.807) is 0 Å². The average molecular weight is 313 g/mol. The van der Waals surface area contributed by atoms with Crippen LogP contribution in [-0.2, 0) is 4.74 Å². The van der Waals surface area contributed by atoms with Crippen molar-refractivity contribution in [1.29, 1.82) is 0 Å². The number of benzene rings is 2. The van der Waals surface area contributed by atoms with Crippen molar-refractivity contribution < 1.29 is 18.3 Å². The summed E-state index contributed by atoms with van der Waals surface area (Å²) in [5.74, 6) is -2.23. The molecule has 21 heavy (non-hydrogen) atoms. The molecule has 0 bridgehead atoms. The molecule has 110 valence electrons. The Bertz CT molecular complexity index is 684. The van der Waals surface area contributed by atoms with Crippen LogP contribution in [0.2, 0.25) is 5.02 Å². The van der Waals surface area contributed by atoms with Gasteiger partial charge in [0.2, 0.25) is 0 Å². The number of ether oxygens (including phenoxy) is 1. The first kappa shape index (κ1) is 15.1. The lowest BCUT2D eigenvalue weighted by Gasteiger charge is -2.13. The summed E-state index contributed by atoms with van der Waals surface area (Å²) in [5, 5.41) is 2.51. The van der Waals surface area contributed by atoms with Gasteiger partial charge in [0.05, 0.1) is 34.8 Å². The molecule has 7 heteroatoms. The molecule has 0 heterocycles. The minimum absolute atomic E-state index is 0.133. The molecule has 0 unspecified atom stereocenters. The van der Waals surface area contributed by atoms with Gasteiger partial charge < -0.3 is 15.8 Å². The minimum atomic E-state index is -0.872. The monoisotopic (exact) mass is 312 g/mol. The van der Waals surface area contributed by atoms with E-state index in [1.807, 2.05) is 0 Å². The van der Waals surface area contributed by atoms with Crippen LogP contribution in [0.4, 0.5) is 25.8 Å². The maximum absolute atomic E-state index is 13.7. The number of rotatable bonds is 3. The number of methoxy groups -OCH3 is 1. The molecule has 0 amide bonds. The zero-order chi connectivity index (χ0) is 15.6. The Morgan fingerprint density at radius 3 is 2.62 bits per heavy atom. The van der Waals surface area contributed by atoms with Gasteiger partial charge in [0.25, 0.3) is 0 Å². The SMILES string of the molecule is COC(=O)c1ccc(N)c(Nc2c(F)cc(F)cc2Cl)c1. The normalized spacial score (nSPS) is 10.3. The summed E-state index contributed by atoms with van der Waals surface area (Å²) in [5.41, 5.74) is 6.37. The van der Waals surface area contributed by atoms with Crippen molar-refractivity contribution in [3.05, 3.63) is 52.6 Å². The highest BCUT2D eigenvalue weighted by molar-refractivity contribution is 6.33. The van der Waals surface area contributed by atoms with Gasteiger partial charge in [-0.1, -0.05) is 11.6 Å². The minimum Gasteiger partial charge on any atom is -0.465 e. The second-order valence-corrected chi connectivity index (χ2v) is 4.57. The summed E-state index contributed by atoms with van der Waals surface area (Å²) >= 11 is 5.79. The maximum atomic E-state index is 13.7. The molecule has 2 aromatic rings. The van der Waals surface area contributed by atoms with Crippen LogP contribution in [-0.4, -0.2) is 13.1 Å². The van der Waals surface area contributed by atoms with Gasteiger partial charge >= 0.3 is 5.97 Å². The topological polar surface area (TPSA) is 64.3 Å². The highest BCUT2D eigenvalue weighted by Gasteiger charge is 2.13. The lowest BCUT2D eigenvalue weighted by atomic mass is 10.1. The van der Waals surface area contributed by atoms with Gasteiger partial charge in [-0.3, -0.25) is 0 Å². The zero-order valence-corrected chi connectivity index (χ0v) is 11.7. The van der Waals surface area contributed by atoms with Crippen LogP contribution in [0, 0.1) is 11.6 Å². The second kappa shape index (κ2) is 5.97. The molecule has 0 saturated carbocycles.